The number of rotatable bonds is 3. The van der Waals surface area contributed by atoms with Crippen LogP contribution in [-0.2, 0) is 22.6 Å². The average Bonchev–Trinajstić information content (AvgIpc) is 2.69. The molecule has 4 rings (SSSR count). The Balaban J connectivity index is 1.58. The Hall–Kier alpha value is -3.09. The molecule has 0 saturated carbocycles. The van der Waals surface area contributed by atoms with Gasteiger partial charge in [-0.05, 0) is 35.6 Å². The maximum Gasteiger partial charge on any atom is 0.270 e. The fourth-order valence-electron chi connectivity index (χ4n) is 3.70. The van der Waals surface area contributed by atoms with Gasteiger partial charge in [-0.15, -0.1) is 0 Å². The van der Waals surface area contributed by atoms with Crippen LogP contribution in [0.15, 0.2) is 36.4 Å². The van der Waals surface area contributed by atoms with Crippen molar-refractivity contribution in [1.82, 2.24) is 9.88 Å². The summed E-state index contributed by atoms with van der Waals surface area (Å²) in [4.78, 5) is 33.5. The highest BCUT2D eigenvalue weighted by molar-refractivity contribution is 6.03. The van der Waals surface area contributed by atoms with Crippen LogP contribution < -0.4 is 15.4 Å². The number of ether oxygens (including phenoxy) is 1. The number of nitrogens with zero attached hydrogens (tertiary/aromatic N) is 3. The van der Waals surface area contributed by atoms with Crippen LogP contribution >= 0.6 is 0 Å². The van der Waals surface area contributed by atoms with Crippen molar-refractivity contribution < 1.29 is 14.3 Å². The second kappa shape index (κ2) is 7.14. The number of hydrogen-bond donors (Lipinski definition) is 1. The Morgan fingerprint density at radius 2 is 2.00 bits per heavy atom. The van der Waals surface area contributed by atoms with Crippen molar-refractivity contribution in [2.24, 2.45) is 5.92 Å². The summed E-state index contributed by atoms with van der Waals surface area (Å²) in [5.41, 5.74) is 8.23. The summed E-state index contributed by atoms with van der Waals surface area (Å²) in [6.07, 6.45) is 0.169. The van der Waals surface area contributed by atoms with Crippen molar-refractivity contribution >= 4 is 23.5 Å². The molecule has 7 nitrogen and oxygen atoms in total. The van der Waals surface area contributed by atoms with E-state index >= 15 is 0 Å². The number of carbonyl (C=O) groups excluding carboxylic acids is 2. The fourth-order valence-corrected chi connectivity index (χ4v) is 3.70. The minimum Gasteiger partial charge on any atom is -0.476 e. The molecule has 1 aromatic heterocycles. The number of benzene rings is 1. The summed E-state index contributed by atoms with van der Waals surface area (Å²) in [5, 5.41) is 0. The molecule has 3 heterocycles. The molecule has 0 fully saturated rings. The smallest absolute Gasteiger partial charge is 0.270 e. The maximum absolute atomic E-state index is 13.0. The molecular weight excluding hydrogens is 356 g/mol. The molecule has 2 aliphatic rings. The molecule has 0 aliphatic carbocycles. The van der Waals surface area contributed by atoms with Gasteiger partial charge in [-0.25, -0.2) is 4.98 Å². The molecule has 1 aromatic carbocycles. The summed E-state index contributed by atoms with van der Waals surface area (Å²) in [5.74, 6) is 0.672. The molecule has 2 aliphatic heterocycles. The van der Waals surface area contributed by atoms with Gasteiger partial charge in [0, 0.05) is 13.1 Å². The first kappa shape index (κ1) is 18.3. The minimum atomic E-state index is -0.646. The molecule has 0 spiro atoms. The quantitative estimate of drug-likeness (QED) is 0.880. The van der Waals surface area contributed by atoms with E-state index in [4.69, 9.17) is 10.5 Å². The normalized spacial score (nSPS) is 18.5. The molecular formula is C21H24N4O3. The highest BCUT2D eigenvalue weighted by atomic mass is 16.5. The van der Waals surface area contributed by atoms with E-state index < -0.39 is 6.10 Å². The maximum atomic E-state index is 13.0. The van der Waals surface area contributed by atoms with Gasteiger partial charge < -0.3 is 15.4 Å². The Bertz CT molecular complexity index is 928. The van der Waals surface area contributed by atoms with Gasteiger partial charge in [0.25, 0.3) is 5.91 Å². The van der Waals surface area contributed by atoms with Crippen LogP contribution in [0.1, 0.15) is 25.0 Å². The third-order valence-corrected chi connectivity index (χ3v) is 5.26. The topological polar surface area (TPSA) is 88.8 Å². The van der Waals surface area contributed by atoms with Gasteiger partial charge >= 0.3 is 0 Å². The molecule has 28 heavy (non-hydrogen) atoms. The lowest BCUT2D eigenvalue weighted by atomic mass is 10.00. The van der Waals surface area contributed by atoms with E-state index in [0.717, 1.165) is 12.0 Å². The number of pyridine rings is 1. The first-order valence-corrected chi connectivity index (χ1v) is 9.53. The molecule has 146 valence electrons. The lowest BCUT2D eigenvalue weighted by Crippen LogP contribution is -2.52. The number of fused-ring (bicyclic) bond motifs is 2. The Morgan fingerprint density at radius 3 is 2.75 bits per heavy atom. The summed E-state index contributed by atoms with van der Waals surface area (Å²) in [6, 6.07) is 11.5. The monoisotopic (exact) mass is 380 g/mol. The number of nitrogen functional groups attached to an aromatic ring is 1. The van der Waals surface area contributed by atoms with E-state index in [9.17, 15) is 9.59 Å². The summed E-state index contributed by atoms with van der Waals surface area (Å²) in [6.45, 7) is 4.95. The van der Waals surface area contributed by atoms with Crippen molar-refractivity contribution in [3.63, 3.8) is 0 Å². The highest BCUT2D eigenvalue weighted by Gasteiger charge is 2.39. The summed E-state index contributed by atoms with van der Waals surface area (Å²) < 4.78 is 5.83. The van der Waals surface area contributed by atoms with Crippen molar-refractivity contribution in [2.45, 2.75) is 32.9 Å². The van der Waals surface area contributed by atoms with Crippen LogP contribution in [0.4, 0.5) is 11.6 Å². The molecule has 1 atom stereocenters. The summed E-state index contributed by atoms with van der Waals surface area (Å²) in [7, 11) is 0. The van der Waals surface area contributed by atoms with Gasteiger partial charge in [-0.1, -0.05) is 38.1 Å². The molecule has 2 aromatic rings. The van der Waals surface area contributed by atoms with Gasteiger partial charge in [0.05, 0.1) is 0 Å². The largest absolute Gasteiger partial charge is 0.476 e. The molecule has 0 bridgehead atoms. The van der Waals surface area contributed by atoms with Crippen molar-refractivity contribution in [1.29, 1.82) is 0 Å². The molecule has 2 N–H and O–H groups in total. The van der Waals surface area contributed by atoms with Gasteiger partial charge in [0.2, 0.25) is 5.91 Å². The Morgan fingerprint density at radius 1 is 1.25 bits per heavy atom. The molecule has 2 amide bonds. The van der Waals surface area contributed by atoms with E-state index in [0.29, 0.717) is 24.7 Å². The Kier molecular flexibility index (Phi) is 4.66. The lowest BCUT2D eigenvalue weighted by Gasteiger charge is -2.36. The first-order valence-electron chi connectivity index (χ1n) is 9.53. The van der Waals surface area contributed by atoms with Crippen LogP contribution in [0.2, 0.25) is 0 Å². The van der Waals surface area contributed by atoms with Crippen LogP contribution in [0.25, 0.3) is 0 Å². The van der Waals surface area contributed by atoms with Gasteiger partial charge in [0.1, 0.15) is 12.4 Å². The third kappa shape index (κ3) is 3.28. The van der Waals surface area contributed by atoms with Crippen LogP contribution in [0, 0.1) is 5.92 Å². The lowest BCUT2D eigenvalue weighted by molar-refractivity contribution is -0.134. The fraction of sp³-hybridized carbons (Fsp3) is 0.381. The number of amides is 2. The molecule has 0 radical (unpaired) electrons. The molecule has 0 saturated heterocycles. The summed E-state index contributed by atoms with van der Waals surface area (Å²) >= 11 is 0. The molecule has 1 unspecified atom stereocenters. The average molecular weight is 380 g/mol. The van der Waals surface area contributed by atoms with Crippen molar-refractivity contribution in [3.05, 3.63) is 47.5 Å². The van der Waals surface area contributed by atoms with E-state index in [1.807, 2.05) is 32.0 Å². The van der Waals surface area contributed by atoms with E-state index in [-0.39, 0.29) is 30.1 Å². The standard InChI is InChI=1S/C21H24N4O3/c1-13(2)19-21(27)25(20-16(28-19)7-8-17(22)23-20)12-18(26)24-10-9-14-5-3-4-6-15(14)11-24/h3-8,13,19H,9-12H2,1-2H3,(H2,22,23). The van der Waals surface area contributed by atoms with E-state index in [2.05, 4.69) is 11.1 Å². The van der Waals surface area contributed by atoms with Gasteiger partial charge in [-0.3, -0.25) is 14.5 Å². The predicted octanol–water partition coefficient (Wildman–Crippen LogP) is 2.00. The van der Waals surface area contributed by atoms with Crippen LogP contribution in [0.5, 0.6) is 5.75 Å². The van der Waals surface area contributed by atoms with Crippen molar-refractivity contribution in [2.75, 3.05) is 23.7 Å². The molecule has 7 heteroatoms. The second-order valence-electron chi connectivity index (χ2n) is 7.60. The SMILES string of the molecule is CC(C)C1Oc2ccc(N)nc2N(CC(=O)N2CCc3ccccc3C2)C1=O. The zero-order valence-corrected chi connectivity index (χ0v) is 16.1. The number of nitrogens with two attached hydrogens (primary N) is 1. The zero-order valence-electron chi connectivity index (χ0n) is 16.1. The second-order valence-corrected chi connectivity index (χ2v) is 7.60. The van der Waals surface area contributed by atoms with E-state index in [1.54, 1.807) is 17.0 Å². The number of aromatic nitrogens is 1. The van der Waals surface area contributed by atoms with Gasteiger partial charge in [0.15, 0.2) is 17.7 Å². The Labute approximate surface area is 164 Å². The third-order valence-electron chi connectivity index (χ3n) is 5.26. The minimum absolute atomic E-state index is 0.0299. The first-order chi connectivity index (χ1) is 13.4. The number of anilines is 2. The highest BCUT2D eigenvalue weighted by Crippen LogP contribution is 2.35. The number of hydrogen-bond acceptors (Lipinski definition) is 5. The van der Waals surface area contributed by atoms with Crippen LogP contribution in [0.3, 0.4) is 0 Å². The predicted molar refractivity (Wildman–Crippen MR) is 106 cm³/mol. The zero-order chi connectivity index (χ0) is 19.8. The van der Waals surface area contributed by atoms with Crippen molar-refractivity contribution in [3.8, 4) is 5.75 Å². The number of carbonyl (C=O) groups is 2. The van der Waals surface area contributed by atoms with E-state index in [1.165, 1.54) is 10.5 Å². The van der Waals surface area contributed by atoms with Gasteiger partial charge in [-0.2, -0.15) is 0 Å². The van der Waals surface area contributed by atoms with Crippen LogP contribution in [-0.4, -0.2) is 40.9 Å².